The van der Waals surface area contributed by atoms with Gasteiger partial charge in [0.1, 0.15) is 5.60 Å². The molecule has 1 aromatic carbocycles. The first-order valence-corrected chi connectivity index (χ1v) is 7.64. The van der Waals surface area contributed by atoms with Crippen LogP contribution >= 0.6 is 0 Å². The van der Waals surface area contributed by atoms with Crippen molar-refractivity contribution in [3.05, 3.63) is 29.3 Å². The zero-order chi connectivity index (χ0) is 17.4. The van der Waals surface area contributed by atoms with E-state index in [0.717, 1.165) is 11.3 Å². The van der Waals surface area contributed by atoms with Gasteiger partial charge in [0.25, 0.3) is 0 Å². The van der Waals surface area contributed by atoms with Crippen LogP contribution in [0.5, 0.6) is 0 Å². The molecule has 1 aliphatic rings. The molecule has 0 spiro atoms. The predicted molar refractivity (Wildman–Crippen MR) is 88.1 cm³/mol. The van der Waals surface area contributed by atoms with Crippen LogP contribution in [0.2, 0.25) is 0 Å². The van der Waals surface area contributed by atoms with Crippen molar-refractivity contribution < 1.29 is 19.4 Å². The van der Waals surface area contributed by atoms with E-state index in [1.54, 1.807) is 24.0 Å². The molecular formula is C17H24N2O4. The third kappa shape index (κ3) is 3.75. The largest absolute Gasteiger partial charge is 0.478 e. The lowest BCUT2D eigenvalue weighted by Gasteiger charge is -2.45. The second-order valence-corrected chi connectivity index (χ2v) is 6.90. The van der Waals surface area contributed by atoms with Crippen molar-refractivity contribution in [1.29, 1.82) is 0 Å². The summed E-state index contributed by atoms with van der Waals surface area (Å²) < 4.78 is 5.34. The summed E-state index contributed by atoms with van der Waals surface area (Å²) in [6.45, 7) is 8.48. The summed E-state index contributed by atoms with van der Waals surface area (Å²) in [6, 6.07) is 5.40. The molecule has 1 aliphatic heterocycles. The highest BCUT2D eigenvalue weighted by atomic mass is 16.6. The zero-order valence-corrected chi connectivity index (χ0v) is 14.3. The Morgan fingerprint density at radius 1 is 1.30 bits per heavy atom. The highest BCUT2D eigenvalue weighted by Crippen LogP contribution is 2.27. The van der Waals surface area contributed by atoms with E-state index in [4.69, 9.17) is 4.74 Å². The Kier molecular flexibility index (Phi) is 4.54. The summed E-state index contributed by atoms with van der Waals surface area (Å²) >= 11 is 0. The van der Waals surface area contributed by atoms with E-state index in [1.165, 1.54) is 0 Å². The standard InChI is InChI=1S/C17H24N2O4/c1-11-13(15(20)21)7-6-8-14(11)18(5)12-9-19(10-12)16(22)23-17(2,3)4/h6-8,12H,9-10H2,1-5H3,(H,20,21). The lowest BCUT2D eigenvalue weighted by molar-refractivity contribution is 0.00851. The van der Waals surface area contributed by atoms with E-state index in [9.17, 15) is 14.7 Å². The average molecular weight is 320 g/mol. The fraction of sp³-hybridized carbons (Fsp3) is 0.529. The average Bonchev–Trinajstić information content (AvgIpc) is 2.34. The van der Waals surface area contributed by atoms with Crippen LogP contribution in [0, 0.1) is 6.92 Å². The maximum absolute atomic E-state index is 12.0. The van der Waals surface area contributed by atoms with E-state index < -0.39 is 11.6 Å². The molecular weight excluding hydrogens is 296 g/mol. The van der Waals surface area contributed by atoms with Crippen molar-refractivity contribution >= 4 is 17.7 Å². The first-order valence-electron chi connectivity index (χ1n) is 7.64. The van der Waals surface area contributed by atoms with Gasteiger partial charge in [0, 0.05) is 25.8 Å². The van der Waals surface area contributed by atoms with Gasteiger partial charge in [-0.1, -0.05) is 6.07 Å². The number of carboxylic acids is 1. The van der Waals surface area contributed by atoms with Crippen molar-refractivity contribution in [2.45, 2.75) is 39.3 Å². The maximum atomic E-state index is 12.0. The Hall–Kier alpha value is -2.24. The van der Waals surface area contributed by atoms with Crippen molar-refractivity contribution in [3.8, 4) is 0 Å². The number of amides is 1. The molecule has 1 saturated heterocycles. The molecule has 0 aromatic heterocycles. The van der Waals surface area contributed by atoms with Crippen LogP contribution in [0.4, 0.5) is 10.5 Å². The van der Waals surface area contributed by atoms with Gasteiger partial charge in [0.2, 0.25) is 0 Å². The minimum Gasteiger partial charge on any atom is -0.478 e. The smallest absolute Gasteiger partial charge is 0.410 e. The first-order chi connectivity index (χ1) is 10.6. The number of anilines is 1. The van der Waals surface area contributed by atoms with Crippen molar-refractivity contribution in [3.63, 3.8) is 0 Å². The summed E-state index contributed by atoms with van der Waals surface area (Å²) in [4.78, 5) is 26.9. The normalized spacial score (nSPS) is 15.1. The predicted octanol–water partition coefficient (Wildman–Crippen LogP) is 2.75. The Morgan fingerprint density at radius 3 is 2.43 bits per heavy atom. The molecule has 1 heterocycles. The molecule has 1 amide bonds. The fourth-order valence-corrected chi connectivity index (χ4v) is 2.61. The summed E-state index contributed by atoms with van der Waals surface area (Å²) in [6.07, 6.45) is -0.307. The number of carbonyl (C=O) groups is 2. The number of likely N-dealkylation sites (N-methyl/N-ethyl adjacent to an activating group) is 1. The molecule has 0 saturated carbocycles. The molecule has 126 valence electrons. The lowest BCUT2D eigenvalue weighted by atomic mass is 10.0. The van der Waals surface area contributed by atoms with Gasteiger partial charge in [-0.3, -0.25) is 0 Å². The molecule has 0 atom stereocenters. The number of benzene rings is 1. The SMILES string of the molecule is Cc1c(C(=O)O)cccc1N(C)C1CN(C(=O)OC(C)(C)C)C1. The van der Waals surface area contributed by atoms with Gasteiger partial charge in [-0.05, 0) is 45.4 Å². The fourth-order valence-electron chi connectivity index (χ4n) is 2.61. The number of hydrogen-bond donors (Lipinski definition) is 1. The molecule has 6 heteroatoms. The highest BCUT2D eigenvalue weighted by Gasteiger charge is 2.36. The Balaban J connectivity index is 2.02. The number of aromatic carboxylic acids is 1. The Morgan fingerprint density at radius 2 is 1.91 bits per heavy atom. The van der Waals surface area contributed by atoms with Gasteiger partial charge in [-0.25, -0.2) is 9.59 Å². The summed E-state index contributed by atoms with van der Waals surface area (Å²) in [5.41, 5.74) is 1.41. The molecule has 2 rings (SSSR count). The van der Waals surface area contributed by atoms with Gasteiger partial charge < -0.3 is 19.6 Å². The van der Waals surface area contributed by atoms with Crippen LogP contribution in [0.15, 0.2) is 18.2 Å². The molecule has 23 heavy (non-hydrogen) atoms. The number of hydrogen-bond acceptors (Lipinski definition) is 4. The third-order valence-corrected chi connectivity index (χ3v) is 3.98. The maximum Gasteiger partial charge on any atom is 0.410 e. The molecule has 1 aromatic rings. The summed E-state index contributed by atoms with van der Waals surface area (Å²) in [5, 5.41) is 9.22. The van der Waals surface area contributed by atoms with Crippen LogP contribution in [0.1, 0.15) is 36.7 Å². The van der Waals surface area contributed by atoms with E-state index in [-0.39, 0.29) is 12.1 Å². The second kappa shape index (κ2) is 6.10. The molecule has 0 bridgehead atoms. The number of likely N-dealkylation sites (tertiary alicyclic amines) is 1. The summed E-state index contributed by atoms with van der Waals surface area (Å²) in [7, 11) is 1.92. The van der Waals surface area contributed by atoms with Gasteiger partial charge >= 0.3 is 12.1 Å². The van der Waals surface area contributed by atoms with Gasteiger partial charge in [-0.2, -0.15) is 0 Å². The zero-order valence-electron chi connectivity index (χ0n) is 14.3. The highest BCUT2D eigenvalue weighted by molar-refractivity contribution is 5.91. The van der Waals surface area contributed by atoms with Crippen molar-refractivity contribution in [2.24, 2.45) is 0 Å². The molecule has 0 unspecified atom stereocenters. The van der Waals surface area contributed by atoms with Crippen molar-refractivity contribution in [1.82, 2.24) is 4.90 Å². The van der Waals surface area contributed by atoms with E-state index in [2.05, 4.69) is 0 Å². The minimum absolute atomic E-state index is 0.158. The first kappa shape index (κ1) is 17.1. The topological polar surface area (TPSA) is 70.1 Å². The number of nitrogens with zero attached hydrogens (tertiary/aromatic N) is 2. The van der Waals surface area contributed by atoms with Crippen LogP contribution < -0.4 is 4.90 Å². The molecule has 0 radical (unpaired) electrons. The Bertz CT molecular complexity index is 616. The lowest BCUT2D eigenvalue weighted by Crippen LogP contribution is -2.61. The molecule has 6 nitrogen and oxygen atoms in total. The minimum atomic E-state index is -0.929. The van der Waals surface area contributed by atoms with E-state index >= 15 is 0 Å². The van der Waals surface area contributed by atoms with Gasteiger partial charge in [0.15, 0.2) is 0 Å². The number of carboxylic acid groups (broad SMARTS) is 1. The molecule has 0 aliphatic carbocycles. The second-order valence-electron chi connectivity index (χ2n) is 6.90. The molecule has 1 N–H and O–H groups in total. The number of ether oxygens (including phenoxy) is 1. The number of rotatable bonds is 3. The van der Waals surface area contributed by atoms with Gasteiger partial charge in [-0.15, -0.1) is 0 Å². The molecule has 1 fully saturated rings. The summed E-state index contributed by atoms with van der Waals surface area (Å²) in [5.74, 6) is -0.929. The van der Waals surface area contributed by atoms with Crippen LogP contribution in [0.25, 0.3) is 0 Å². The van der Waals surface area contributed by atoms with E-state index in [0.29, 0.717) is 18.7 Å². The Labute approximate surface area is 136 Å². The quantitative estimate of drug-likeness (QED) is 0.927. The van der Waals surface area contributed by atoms with Crippen LogP contribution in [-0.2, 0) is 4.74 Å². The third-order valence-electron chi connectivity index (χ3n) is 3.98. The van der Waals surface area contributed by atoms with Gasteiger partial charge in [0.05, 0.1) is 11.6 Å². The number of carbonyl (C=O) groups excluding carboxylic acids is 1. The van der Waals surface area contributed by atoms with Crippen molar-refractivity contribution in [2.75, 3.05) is 25.0 Å². The van der Waals surface area contributed by atoms with E-state index in [1.807, 2.05) is 38.8 Å². The van der Waals surface area contributed by atoms with Crippen LogP contribution in [0.3, 0.4) is 0 Å². The van der Waals surface area contributed by atoms with Crippen LogP contribution in [-0.4, -0.2) is 53.8 Å². The monoisotopic (exact) mass is 320 g/mol.